The summed E-state index contributed by atoms with van der Waals surface area (Å²) in [6.45, 7) is 11.4. The topological polar surface area (TPSA) is 78.9 Å². The molecule has 0 unspecified atom stereocenters. The first-order chi connectivity index (χ1) is 33.7. The number of rotatable bonds is 57. The van der Waals surface area contributed by atoms with Crippen LogP contribution in [0.2, 0.25) is 0 Å². The Morgan fingerprint density at radius 2 is 0.478 bits per heavy atom. The number of hydrogen-bond donors (Lipinski definition) is 0. The summed E-state index contributed by atoms with van der Waals surface area (Å²) in [5, 5.41) is 0. The first-order valence-corrected chi connectivity index (χ1v) is 31.2. The van der Waals surface area contributed by atoms with Crippen molar-refractivity contribution in [2.24, 2.45) is 11.8 Å². The summed E-state index contributed by atoms with van der Waals surface area (Å²) >= 11 is 0. The van der Waals surface area contributed by atoms with E-state index >= 15 is 0 Å². The Morgan fingerprint density at radius 1 is 0.275 bits per heavy atom. The second-order valence-electron chi connectivity index (χ2n) is 22.6. The van der Waals surface area contributed by atoms with Crippen molar-refractivity contribution in [3.8, 4) is 0 Å². The van der Waals surface area contributed by atoms with Crippen LogP contribution in [0.5, 0.6) is 0 Å². The van der Waals surface area contributed by atoms with E-state index in [1.807, 2.05) is 0 Å². The summed E-state index contributed by atoms with van der Waals surface area (Å²) in [5.74, 6) is 0.841. The highest BCUT2D eigenvalue weighted by Crippen LogP contribution is 2.19. The number of carbonyl (C=O) groups excluding carboxylic acids is 3. The molecule has 0 amide bonds. The van der Waals surface area contributed by atoms with E-state index in [2.05, 4.69) is 34.6 Å². The molecule has 0 aliphatic rings. The number of ether oxygens (including phenoxy) is 3. The molecule has 0 rings (SSSR count). The normalized spacial score (nSPS) is 12.0. The third kappa shape index (κ3) is 57.2. The Hall–Kier alpha value is -1.59. The van der Waals surface area contributed by atoms with E-state index in [9.17, 15) is 14.4 Å². The summed E-state index contributed by atoms with van der Waals surface area (Å²) in [6, 6.07) is 0. The highest BCUT2D eigenvalue weighted by molar-refractivity contribution is 5.71. The lowest BCUT2D eigenvalue weighted by Gasteiger charge is -2.18. The van der Waals surface area contributed by atoms with Crippen molar-refractivity contribution in [2.45, 2.75) is 362 Å². The third-order valence-electron chi connectivity index (χ3n) is 14.5. The fourth-order valence-electron chi connectivity index (χ4n) is 9.76. The van der Waals surface area contributed by atoms with Crippen LogP contribution >= 0.6 is 0 Å². The Kier molecular flexibility index (Phi) is 54.4. The molecule has 0 aliphatic carbocycles. The lowest BCUT2D eigenvalue weighted by Crippen LogP contribution is -2.30. The van der Waals surface area contributed by atoms with Gasteiger partial charge in [0, 0.05) is 19.3 Å². The average molecular weight is 976 g/mol. The van der Waals surface area contributed by atoms with Gasteiger partial charge in [-0.2, -0.15) is 0 Å². The summed E-state index contributed by atoms with van der Waals surface area (Å²) in [6.07, 6.45) is 61.1. The Balaban J connectivity index is 4.24. The van der Waals surface area contributed by atoms with Gasteiger partial charge < -0.3 is 14.2 Å². The maximum absolute atomic E-state index is 12.9. The van der Waals surface area contributed by atoms with Crippen LogP contribution in [0.1, 0.15) is 356 Å². The van der Waals surface area contributed by atoms with E-state index in [0.29, 0.717) is 19.3 Å². The molecule has 0 N–H and O–H groups in total. The van der Waals surface area contributed by atoms with E-state index in [0.717, 1.165) is 69.6 Å². The van der Waals surface area contributed by atoms with Crippen molar-refractivity contribution in [3.63, 3.8) is 0 Å². The Labute approximate surface area is 431 Å². The zero-order chi connectivity index (χ0) is 50.4. The third-order valence-corrected chi connectivity index (χ3v) is 14.5. The molecule has 0 saturated heterocycles. The van der Waals surface area contributed by atoms with Crippen molar-refractivity contribution in [3.05, 3.63) is 0 Å². The molecular formula is C63H122O6. The number of carbonyl (C=O) groups is 3. The highest BCUT2D eigenvalue weighted by atomic mass is 16.6. The van der Waals surface area contributed by atoms with Crippen LogP contribution < -0.4 is 0 Å². The van der Waals surface area contributed by atoms with Gasteiger partial charge in [-0.1, -0.05) is 317 Å². The minimum atomic E-state index is -0.763. The maximum atomic E-state index is 12.9. The molecule has 6 nitrogen and oxygen atoms in total. The molecule has 0 fully saturated rings. The van der Waals surface area contributed by atoms with Crippen LogP contribution in [0.15, 0.2) is 0 Å². The minimum absolute atomic E-state index is 0.0624. The Bertz CT molecular complexity index is 1060. The molecule has 0 aromatic heterocycles. The van der Waals surface area contributed by atoms with Crippen molar-refractivity contribution >= 4 is 17.9 Å². The smallest absolute Gasteiger partial charge is 0.306 e. The van der Waals surface area contributed by atoms with E-state index < -0.39 is 6.10 Å². The van der Waals surface area contributed by atoms with Gasteiger partial charge in [0.15, 0.2) is 6.10 Å². The summed E-state index contributed by atoms with van der Waals surface area (Å²) < 4.78 is 16.9. The molecule has 0 bridgehead atoms. The molecule has 0 aromatic rings. The van der Waals surface area contributed by atoms with Crippen LogP contribution in [-0.2, 0) is 28.6 Å². The molecule has 0 aromatic carbocycles. The lowest BCUT2D eigenvalue weighted by molar-refractivity contribution is -0.167. The van der Waals surface area contributed by atoms with Crippen molar-refractivity contribution in [2.75, 3.05) is 13.2 Å². The summed E-state index contributed by atoms with van der Waals surface area (Å²) in [7, 11) is 0. The predicted octanol–water partition coefficient (Wildman–Crippen LogP) is 20.8. The molecule has 0 aliphatic heterocycles. The lowest BCUT2D eigenvalue weighted by atomic mass is 10.0. The van der Waals surface area contributed by atoms with E-state index in [1.54, 1.807) is 0 Å². The van der Waals surface area contributed by atoms with Gasteiger partial charge in [0.25, 0.3) is 0 Å². The van der Waals surface area contributed by atoms with Gasteiger partial charge in [0.1, 0.15) is 13.2 Å². The number of esters is 3. The number of unbranched alkanes of at least 4 members (excludes halogenated alkanes) is 42. The van der Waals surface area contributed by atoms with Gasteiger partial charge in [0.2, 0.25) is 0 Å². The molecule has 0 radical (unpaired) electrons. The van der Waals surface area contributed by atoms with Crippen LogP contribution in [0, 0.1) is 11.8 Å². The van der Waals surface area contributed by atoms with Crippen LogP contribution in [0.4, 0.5) is 0 Å². The van der Waals surface area contributed by atoms with E-state index in [1.165, 1.54) is 244 Å². The first-order valence-electron chi connectivity index (χ1n) is 31.2. The maximum Gasteiger partial charge on any atom is 0.306 e. The Morgan fingerprint density at radius 3 is 0.710 bits per heavy atom. The van der Waals surface area contributed by atoms with Crippen molar-refractivity contribution in [1.82, 2.24) is 0 Å². The average Bonchev–Trinajstić information content (AvgIpc) is 3.32. The fourth-order valence-corrected chi connectivity index (χ4v) is 9.76. The van der Waals surface area contributed by atoms with Crippen molar-refractivity contribution in [1.29, 1.82) is 0 Å². The van der Waals surface area contributed by atoms with Crippen LogP contribution in [0.25, 0.3) is 0 Å². The van der Waals surface area contributed by atoms with Gasteiger partial charge >= 0.3 is 17.9 Å². The standard InChI is InChI=1S/C63H122O6/c1-6-7-8-9-10-11-12-13-14-17-21-24-27-33-38-43-48-53-61(64)67-56-60(69-63(66)55-50-45-40-35-30-29-32-37-42-47-52-59(4)5)57-68-62(65)54-49-44-39-34-28-25-22-19-16-15-18-20-23-26-31-36-41-46-51-58(2)3/h58-60H,6-57H2,1-5H3/t60-/m0/s1. The van der Waals surface area contributed by atoms with Gasteiger partial charge in [-0.15, -0.1) is 0 Å². The molecule has 69 heavy (non-hydrogen) atoms. The molecule has 0 saturated carbocycles. The second kappa shape index (κ2) is 55.7. The predicted molar refractivity (Wildman–Crippen MR) is 298 cm³/mol. The van der Waals surface area contributed by atoms with Gasteiger partial charge in [-0.05, 0) is 31.1 Å². The SMILES string of the molecule is CCCCCCCCCCCCCCCCCCCC(=O)OC[C@@H](COC(=O)CCCCCCCCCCCCCCCCCCCCC(C)C)OC(=O)CCCCCCCCCCCCC(C)C. The molecule has 0 spiro atoms. The van der Waals surface area contributed by atoms with E-state index in [4.69, 9.17) is 14.2 Å². The molecule has 6 heteroatoms. The zero-order valence-corrected chi connectivity index (χ0v) is 47.5. The fraction of sp³-hybridized carbons (Fsp3) is 0.952. The first kappa shape index (κ1) is 67.4. The van der Waals surface area contributed by atoms with Crippen molar-refractivity contribution < 1.29 is 28.6 Å². The summed E-state index contributed by atoms with van der Waals surface area (Å²) in [5.41, 5.74) is 0. The highest BCUT2D eigenvalue weighted by Gasteiger charge is 2.19. The van der Waals surface area contributed by atoms with Gasteiger partial charge in [0.05, 0.1) is 0 Å². The number of hydrogen-bond acceptors (Lipinski definition) is 6. The zero-order valence-electron chi connectivity index (χ0n) is 47.5. The monoisotopic (exact) mass is 975 g/mol. The molecule has 1 atom stereocenters. The molecular weight excluding hydrogens is 853 g/mol. The summed E-state index contributed by atoms with van der Waals surface area (Å²) in [4.78, 5) is 38.2. The molecule has 410 valence electrons. The van der Waals surface area contributed by atoms with Crippen LogP contribution in [0.3, 0.4) is 0 Å². The van der Waals surface area contributed by atoms with Gasteiger partial charge in [-0.3, -0.25) is 14.4 Å². The van der Waals surface area contributed by atoms with E-state index in [-0.39, 0.29) is 31.1 Å². The largest absolute Gasteiger partial charge is 0.462 e. The molecule has 0 heterocycles. The van der Waals surface area contributed by atoms with Crippen LogP contribution in [-0.4, -0.2) is 37.2 Å². The quantitative estimate of drug-likeness (QED) is 0.0343. The van der Waals surface area contributed by atoms with Gasteiger partial charge in [-0.25, -0.2) is 0 Å². The minimum Gasteiger partial charge on any atom is -0.462 e. The second-order valence-corrected chi connectivity index (χ2v) is 22.6.